The third-order valence-electron chi connectivity index (χ3n) is 3.23. The minimum Gasteiger partial charge on any atom is -0.426 e. The Bertz CT molecular complexity index is 909. The molecule has 8 nitrogen and oxygen atoms in total. The smallest absolute Gasteiger partial charge is 0.308 e. The summed E-state index contributed by atoms with van der Waals surface area (Å²) < 4.78 is 10.3. The summed E-state index contributed by atoms with van der Waals surface area (Å²) in [6, 6.07) is 13.9. The summed E-state index contributed by atoms with van der Waals surface area (Å²) in [5, 5.41) is 16.2. The molecule has 0 saturated carbocycles. The van der Waals surface area contributed by atoms with Gasteiger partial charge in [-0.1, -0.05) is 36.4 Å². The maximum Gasteiger partial charge on any atom is 0.308 e. The summed E-state index contributed by atoms with van der Waals surface area (Å²) >= 11 is 0. The summed E-state index contributed by atoms with van der Waals surface area (Å²) in [5.41, 5.74) is 0.977. The molecule has 0 aliphatic carbocycles. The van der Waals surface area contributed by atoms with Gasteiger partial charge in [-0.25, -0.2) is 0 Å². The number of hydrogen-bond acceptors (Lipinski definition) is 8. The van der Waals surface area contributed by atoms with Crippen LogP contribution in [-0.4, -0.2) is 32.3 Å². The van der Waals surface area contributed by atoms with Crippen molar-refractivity contribution < 1.29 is 19.1 Å². The zero-order valence-electron chi connectivity index (χ0n) is 14.0. The van der Waals surface area contributed by atoms with Crippen LogP contribution >= 0.6 is 0 Å². The third kappa shape index (κ3) is 3.86. The molecule has 0 radical (unpaired) electrons. The van der Waals surface area contributed by atoms with Crippen molar-refractivity contribution in [2.24, 2.45) is 0 Å². The zero-order valence-corrected chi connectivity index (χ0v) is 14.0. The second-order valence-electron chi connectivity index (χ2n) is 5.23. The highest BCUT2D eigenvalue weighted by atomic mass is 16.5. The Labute approximate surface area is 148 Å². The van der Waals surface area contributed by atoms with Crippen molar-refractivity contribution in [2.75, 3.05) is 0 Å². The highest BCUT2D eigenvalue weighted by Gasteiger charge is 2.20. The van der Waals surface area contributed by atoms with E-state index in [0.717, 1.165) is 5.56 Å². The van der Waals surface area contributed by atoms with E-state index < -0.39 is 11.9 Å². The lowest BCUT2D eigenvalue weighted by molar-refractivity contribution is -0.132. The average molecular weight is 350 g/mol. The predicted molar refractivity (Wildman–Crippen MR) is 91.1 cm³/mol. The molecule has 3 aromatic rings. The standard InChI is InChI=1S/C18H14N4O4/c1-11(23)25-14-9-6-10-15(26-12(2)24)16(14)18-21-19-17(20-22-18)13-7-4-3-5-8-13/h3-10H,1-2H3. The first-order valence-electron chi connectivity index (χ1n) is 7.67. The van der Waals surface area contributed by atoms with Gasteiger partial charge in [-0.2, -0.15) is 0 Å². The lowest BCUT2D eigenvalue weighted by atomic mass is 10.1. The summed E-state index contributed by atoms with van der Waals surface area (Å²) in [5.74, 6) is -0.369. The molecule has 0 bridgehead atoms. The number of nitrogens with zero attached hydrogens (tertiary/aromatic N) is 4. The molecule has 0 N–H and O–H groups in total. The molecule has 0 aliphatic heterocycles. The number of rotatable bonds is 4. The minimum atomic E-state index is -0.534. The average Bonchev–Trinajstić information content (AvgIpc) is 2.62. The van der Waals surface area contributed by atoms with E-state index in [4.69, 9.17) is 9.47 Å². The van der Waals surface area contributed by atoms with Crippen molar-refractivity contribution in [3.8, 4) is 34.3 Å². The second-order valence-corrected chi connectivity index (χ2v) is 5.23. The van der Waals surface area contributed by atoms with Gasteiger partial charge in [0.25, 0.3) is 0 Å². The molecule has 3 rings (SSSR count). The second kappa shape index (κ2) is 7.47. The fraction of sp³-hybridized carbons (Fsp3) is 0.111. The summed E-state index contributed by atoms with van der Waals surface area (Å²) in [6.45, 7) is 2.52. The van der Waals surface area contributed by atoms with Crippen LogP contribution in [0.2, 0.25) is 0 Å². The first kappa shape index (κ1) is 17.2. The van der Waals surface area contributed by atoms with E-state index in [9.17, 15) is 9.59 Å². The highest BCUT2D eigenvalue weighted by Crippen LogP contribution is 2.36. The Hall–Kier alpha value is -3.68. The van der Waals surface area contributed by atoms with Crippen molar-refractivity contribution in [2.45, 2.75) is 13.8 Å². The van der Waals surface area contributed by atoms with E-state index in [1.54, 1.807) is 6.07 Å². The molecule has 130 valence electrons. The largest absolute Gasteiger partial charge is 0.426 e. The van der Waals surface area contributed by atoms with Gasteiger partial charge in [0.2, 0.25) is 11.6 Å². The number of benzene rings is 2. The number of ether oxygens (including phenoxy) is 2. The van der Waals surface area contributed by atoms with Gasteiger partial charge in [0.1, 0.15) is 17.1 Å². The molecule has 0 saturated heterocycles. The summed E-state index contributed by atoms with van der Waals surface area (Å²) in [6.07, 6.45) is 0. The first-order valence-corrected chi connectivity index (χ1v) is 7.67. The Kier molecular flexibility index (Phi) is 4.93. The number of aromatic nitrogens is 4. The first-order chi connectivity index (χ1) is 12.5. The van der Waals surface area contributed by atoms with E-state index in [1.165, 1.54) is 26.0 Å². The van der Waals surface area contributed by atoms with Crippen LogP contribution in [0.4, 0.5) is 0 Å². The number of carbonyl (C=O) groups excluding carboxylic acids is 2. The molecule has 0 unspecified atom stereocenters. The molecule has 1 heterocycles. The van der Waals surface area contributed by atoms with E-state index in [0.29, 0.717) is 5.82 Å². The minimum absolute atomic E-state index is 0.0674. The Morgan fingerprint density at radius 1 is 0.692 bits per heavy atom. The fourth-order valence-corrected chi connectivity index (χ4v) is 2.24. The van der Waals surface area contributed by atoms with Gasteiger partial charge in [-0.3, -0.25) is 9.59 Å². The third-order valence-corrected chi connectivity index (χ3v) is 3.23. The fourth-order valence-electron chi connectivity index (χ4n) is 2.24. The quantitative estimate of drug-likeness (QED) is 0.522. The van der Waals surface area contributed by atoms with Crippen LogP contribution in [0.3, 0.4) is 0 Å². The molecular weight excluding hydrogens is 336 g/mol. The van der Waals surface area contributed by atoms with E-state index in [1.807, 2.05) is 30.3 Å². The summed E-state index contributed by atoms with van der Waals surface area (Å²) in [7, 11) is 0. The van der Waals surface area contributed by atoms with Crippen molar-refractivity contribution in [1.29, 1.82) is 0 Å². The van der Waals surface area contributed by atoms with Gasteiger partial charge in [-0.15, -0.1) is 20.4 Å². The Balaban J connectivity index is 2.06. The van der Waals surface area contributed by atoms with Crippen molar-refractivity contribution in [3.63, 3.8) is 0 Å². The van der Waals surface area contributed by atoms with E-state index in [2.05, 4.69) is 20.4 Å². The number of carbonyl (C=O) groups is 2. The van der Waals surface area contributed by atoms with E-state index in [-0.39, 0.29) is 22.9 Å². The maximum atomic E-state index is 11.4. The molecule has 0 aliphatic rings. The van der Waals surface area contributed by atoms with Gasteiger partial charge in [0, 0.05) is 19.4 Å². The molecule has 0 atom stereocenters. The Morgan fingerprint density at radius 3 is 1.69 bits per heavy atom. The zero-order chi connectivity index (χ0) is 18.5. The SMILES string of the molecule is CC(=O)Oc1cccc(OC(C)=O)c1-c1nnc(-c2ccccc2)nn1. The lowest BCUT2D eigenvalue weighted by Crippen LogP contribution is -2.08. The van der Waals surface area contributed by atoms with Crippen LogP contribution in [0.5, 0.6) is 11.5 Å². The molecular formula is C18H14N4O4. The van der Waals surface area contributed by atoms with Crippen molar-refractivity contribution >= 4 is 11.9 Å². The van der Waals surface area contributed by atoms with Crippen LogP contribution in [0.25, 0.3) is 22.8 Å². The Morgan fingerprint density at radius 2 is 1.19 bits per heavy atom. The van der Waals surface area contributed by atoms with Gasteiger partial charge >= 0.3 is 11.9 Å². The topological polar surface area (TPSA) is 104 Å². The molecule has 0 spiro atoms. The van der Waals surface area contributed by atoms with Crippen molar-refractivity contribution in [3.05, 3.63) is 48.5 Å². The normalized spacial score (nSPS) is 10.2. The van der Waals surface area contributed by atoms with Gasteiger partial charge in [0.05, 0.1) is 0 Å². The maximum absolute atomic E-state index is 11.4. The molecule has 1 aromatic heterocycles. The van der Waals surface area contributed by atoms with Crippen LogP contribution in [0, 0.1) is 0 Å². The van der Waals surface area contributed by atoms with Crippen LogP contribution in [0.1, 0.15) is 13.8 Å². The molecule has 0 fully saturated rings. The number of esters is 2. The van der Waals surface area contributed by atoms with Crippen molar-refractivity contribution in [1.82, 2.24) is 20.4 Å². The molecule has 8 heteroatoms. The van der Waals surface area contributed by atoms with E-state index >= 15 is 0 Å². The van der Waals surface area contributed by atoms with Gasteiger partial charge in [0.15, 0.2) is 0 Å². The van der Waals surface area contributed by atoms with Crippen LogP contribution in [-0.2, 0) is 9.59 Å². The predicted octanol–water partition coefficient (Wildman–Crippen LogP) is 2.45. The van der Waals surface area contributed by atoms with Gasteiger partial charge in [-0.05, 0) is 12.1 Å². The molecule has 0 amide bonds. The van der Waals surface area contributed by atoms with Gasteiger partial charge < -0.3 is 9.47 Å². The molecule has 2 aromatic carbocycles. The van der Waals surface area contributed by atoms with Crippen LogP contribution in [0.15, 0.2) is 48.5 Å². The summed E-state index contributed by atoms with van der Waals surface area (Å²) in [4.78, 5) is 22.7. The highest BCUT2D eigenvalue weighted by molar-refractivity contribution is 5.80. The molecule has 26 heavy (non-hydrogen) atoms. The lowest BCUT2D eigenvalue weighted by Gasteiger charge is -2.11. The number of hydrogen-bond donors (Lipinski definition) is 0. The monoisotopic (exact) mass is 350 g/mol. The van der Waals surface area contributed by atoms with Crippen LogP contribution < -0.4 is 9.47 Å².